The Bertz CT molecular complexity index is 573. The zero-order valence-corrected chi connectivity index (χ0v) is 18.2. The Kier molecular flexibility index (Phi) is 8.94. The van der Waals surface area contributed by atoms with Gasteiger partial charge in [-0.15, -0.1) is 0 Å². The fraction of sp³-hybridized carbons (Fsp3) is 0.696. The van der Waals surface area contributed by atoms with E-state index in [1.54, 1.807) is 4.90 Å². The second-order valence-electron chi connectivity index (χ2n) is 8.56. The molecule has 0 N–H and O–H groups in total. The molecular formula is C23H38N2O3. The Morgan fingerprint density at radius 2 is 1.54 bits per heavy atom. The number of hydrogen-bond donors (Lipinski definition) is 0. The van der Waals surface area contributed by atoms with E-state index < -0.39 is 5.60 Å². The Balaban J connectivity index is 1.69. The fourth-order valence-electron chi connectivity index (χ4n) is 3.30. The SMILES string of the molecule is CCCCCCCCOc1ccc(N2CCN(C(=O)OC(C)(C)C)CC2)cc1. The predicted octanol–water partition coefficient (Wildman–Crippen LogP) is 5.48. The quantitative estimate of drug-likeness (QED) is 0.523. The molecule has 1 amide bonds. The third-order valence-corrected chi connectivity index (χ3v) is 4.90. The summed E-state index contributed by atoms with van der Waals surface area (Å²) >= 11 is 0. The van der Waals surface area contributed by atoms with E-state index in [-0.39, 0.29) is 6.09 Å². The summed E-state index contributed by atoms with van der Waals surface area (Å²) in [4.78, 5) is 16.3. The first-order valence-electron chi connectivity index (χ1n) is 10.8. The lowest BCUT2D eigenvalue weighted by Crippen LogP contribution is -2.50. The Morgan fingerprint density at radius 1 is 0.929 bits per heavy atom. The number of unbranched alkanes of at least 4 members (excludes halogenated alkanes) is 5. The molecule has 0 aromatic heterocycles. The molecule has 28 heavy (non-hydrogen) atoms. The number of nitrogens with zero attached hydrogens (tertiary/aromatic N) is 2. The van der Waals surface area contributed by atoms with Crippen molar-refractivity contribution in [3.63, 3.8) is 0 Å². The molecular weight excluding hydrogens is 352 g/mol. The molecule has 1 aromatic carbocycles. The van der Waals surface area contributed by atoms with Gasteiger partial charge in [0.05, 0.1) is 6.61 Å². The maximum atomic E-state index is 12.2. The van der Waals surface area contributed by atoms with Gasteiger partial charge in [0.2, 0.25) is 0 Å². The minimum absolute atomic E-state index is 0.217. The molecule has 5 nitrogen and oxygen atoms in total. The zero-order chi connectivity index (χ0) is 20.4. The third kappa shape index (κ3) is 7.99. The molecule has 0 bridgehead atoms. The summed E-state index contributed by atoms with van der Waals surface area (Å²) < 4.78 is 11.3. The number of rotatable bonds is 9. The lowest BCUT2D eigenvalue weighted by atomic mass is 10.1. The van der Waals surface area contributed by atoms with Crippen LogP contribution in [-0.2, 0) is 4.74 Å². The molecule has 1 fully saturated rings. The molecule has 158 valence electrons. The van der Waals surface area contributed by atoms with Crippen molar-refractivity contribution in [2.45, 2.75) is 71.8 Å². The van der Waals surface area contributed by atoms with Crippen LogP contribution in [0.4, 0.5) is 10.5 Å². The van der Waals surface area contributed by atoms with Crippen LogP contribution >= 0.6 is 0 Å². The molecule has 1 aromatic rings. The van der Waals surface area contributed by atoms with Crippen molar-refractivity contribution in [2.75, 3.05) is 37.7 Å². The first-order valence-corrected chi connectivity index (χ1v) is 10.8. The van der Waals surface area contributed by atoms with E-state index in [0.29, 0.717) is 13.1 Å². The Labute approximate surface area is 171 Å². The van der Waals surface area contributed by atoms with E-state index in [1.165, 1.54) is 37.8 Å². The molecule has 0 spiro atoms. The number of hydrogen-bond acceptors (Lipinski definition) is 4. The fourth-order valence-corrected chi connectivity index (χ4v) is 3.30. The van der Waals surface area contributed by atoms with Gasteiger partial charge in [0.25, 0.3) is 0 Å². The largest absolute Gasteiger partial charge is 0.494 e. The van der Waals surface area contributed by atoms with Crippen molar-refractivity contribution in [1.82, 2.24) is 4.90 Å². The number of anilines is 1. The summed E-state index contributed by atoms with van der Waals surface area (Å²) in [6.07, 6.45) is 7.44. The first kappa shape index (κ1) is 22.4. The van der Waals surface area contributed by atoms with E-state index >= 15 is 0 Å². The van der Waals surface area contributed by atoms with Crippen LogP contribution in [0.3, 0.4) is 0 Å². The monoisotopic (exact) mass is 390 g/mol. The summed E-state index contributed by atoms with van der Waals surface area (Å²) in [5, 5.41) is 0. The minimum atomic E-state index is -0.445. The Morgan fingerprint density at radius 3 is 2.14 bits per heavy atom. The maximum Gasteiger partial charge on any atom is 0.410 e. The highest BCUT2D eigenvalue weighted by atomic mass is 16.6. The van der Waals surface area contributed by atoms with Crippen molar-refractivity contribution in [2.24, 2.45) is 0 Å². The molecule has 0 radical (unpaired) electrons. The van der Waals surface area contributed by atoms with Crippen LogP contribution in [0.2, 0.25) is 0 Å². The number of carbonyl (C=O) groups is 1. The van der Waals surface area contributed by atoms with E-state index in [1.807, 2.05) is 32.9 Å². The van der Waals surface area contributed by atoms with Gasteiger partial charge in [-0.1, -0.05) is 39.0 Å². The molecule has 2 rings (SSSR count). The summed E-state index contributed by atoms with van der Waals surface area (Å²) in [6.45, 7) is 11.7. The van der Waals surface area contributed by atoms with Crippen LogP contribution in [0.5, 0.6) is 5.75 Å². The van der Waals surface area contributed by atoms with Crippen LogP contribution in [0.15, 0.2) is 24.3 Å². The normalized spacial score (nSPS) is 14.9. The third-order valence-electron chi connectivity index (χ3n) is 4.90. The molecule has 0 atom stereocenters. The van der Waals surface area contributed by atoms with Crippen LogP contribution in [0.1, 0.15) is 66.2 Å². The second-order valence-corrected chi connectivity index (χ2v) is 8.56. The number of amides is 1. The molecule has 0 aliphatic carbocycles. The van der Waals surface area contributed by atoms with Crippen LogP contribution in [-0.4, -0.2) is 49.4 Å². The van der Waals surface area contributed by atoms with Crippen LogP contribution in [0, 0.1) is 0 Å². The van der Waals surface area contributed by atoms with Gasteiger partial charge >= 0.3 is 6.09 Å². The van der Waals surface area contributed by atoms with Crippen molar-refractivity contribution >= 4 is 11.8 Å². The highest BCUT2D eigenvalue weighted by molar-refractivity contribution is 5.68. The van der Waals surface area contributed by atoms with E-state index in [0.717, 1.165) is 31.9 Å². The van der Waals surface area contributed by atoms with Gasteiger partial charge in [0.1, 0.15) is 11.4 Å². The van der Waals surface area contributed by atoms with Gasteiger partial charge in [0.15, 0.2) is 0 Å². The summed E-state index contributed by atoms with van der Waals surface area (Å²) in [7, 11) is 0. The molecule has 1 saturated heterocycles. The van der Waals surface area contributed by atoms with Crippen LogP contribution < -0.4 is 9.64 Å². The molecule has 5 heteroatoms. The molecule has 1 aliphatic heterocycles. The summed E-state index contributed by atoms with van der Waals surface area (Å²) in [5.41, 5.74) is 0.732. The number of piperazine rings is 1. The summed E-state index contributed by atoms with van der Waals surface area (Å²) in [6, 6.07) is 8.32. The van der Waals surface area contributed by atoms with E-state index in [9.17, 15) is 4.79 Å². The first-order chi connectivity index (χ1) is 13.4. The van der Waals surface area contributed by atoms with Gasteiger partial charge in [-0.2, -0.15) is 0 Å². The van der Waals surface area contributed by atoms with Gasteiger partial charge in [-0.3, -0.25) is 0 Å². The van der Waals surface area contributed by atoms with Crippen molar-refractivity contribution < 1.29 is 14.3 Å². The molecule has 0 unspecified atom stereocenters. The average molecular weight is 391 g/mol. The number of carbonyl (C=O) groups excluding carboxylic acids is 1. The lowest BCUT2D eigenvalue weighted by Gasteiger charge is -2.36. The second kappa shape index (κ2) is 11.2. The van der Waals surface area contributed by atoms with Gasteiger partial charge < -0.3 is 19.3 Å². The van der Waals surface area contributed by atoms with Crippen LogP contribution in [0.25, 0.3) is 0 Å². The minimum Gasteiger partial charge on any atom is -0.494 e. The maximum absolute atomic E-state index is 12.2. The highest BCUT2D eigenvalue weighted by Crippen LogP contribution is 2.22. The summed E-state index contributed by atoms with van der Waals surface area (Å²) in [5.74, 6) is 0.935. The molecule has 0 saturated carbocycles. The van der Waals surface area contributed by atoms with Crippen molar-refractivity contribution in [3.8, 4) is 5.75 Å². The average Bonchev–Trinajstić information content (AvgIpc) is 2.67. The topological polar surface area (TPSA) is 42.0 Å². The van der Waals surface area contributed by atoms with E-state index in [4.69, 9.17) is 9.47 Å². The van der Waals surface area contributed by atoms with Gasteiger partial charge in [-0.25, -0.2) is 4.79 Å². The molecule has 1 heterocycles. The number of benzene rings is 1. The predicted molar refractivity (Wildman–Crippen MR) is 115 cm³/mol. The van der Waals surface area contributed by atoms with Gasteiger partial charge in [-0.05, 0) is 51.5 Å². The zero-order valence-electron chi connectivity index (χ0n) is 18.2. The number of ether oxygens (including phenoxy) is 2. The van der Waals surface area contributed by atoms with Gasteiger partial charge in [0, 0.05) is 31.9 Å². The lowest BCUT2D eigenvalue weighted by molar-refractivity contribution is 0.0240. The van der Waals surface area contributed by atoms with Crippen molar-refractivity contribution in [1.29, 1.82) is 0 Å². The standard InChI is InChI=1S/C23H38N2O3/c1-5-6-7-8-9-10-19-27-21-13-11-20(12-14-21)24-15-17-25(18-16-24)22(26)28-23(2,3)4/h11-14H,5-10,15-19H2,1-4H3. The Hall–Kier alpha value is -1.91. The van der Waals surface area contributed by atoms with Crippen molar-refractivity contribution in [3.05, 3.63) is 24.3 Å². The molecule has 1 aliphatic rings. The highest BCUT2D eigenvalue weighted by Gasteiger charge is 2.25. The van der Waals surface area contributed by atoms with E-state index in [2.05, 4.69) is 24.0 Å². The smallest absolute Gasteiger partial charge is 0.410 e.